The van der Waals surface area contributed by atoms with Crippen LogP contribution < -0.4 is 20.8 Å². The maximum Gasteiger partial charge on any atom is 0.434 e. The largest absolute Gasteiger partial charge is 0.497 e. The Balaban J connectivity index is 1.39. The number of carbonyl (C=O) groups excluding carboxylic acids is 2. The molecule has 0 radical (unpaired) electrons. The average molecular weight is 682 g/mol. The quantitative estimate of drug-likeness (QED) is 0.182. The molecule has 1 atom stereocenters. The fourth-order valence-electron chi connectivity index (χ4n) is 4.99. The van der Waals surface area contributed by atoms with Gasteiger partial charge in [0, 0.05) is 28.8 Å². The monoisotopic (exact) mass is 681 g/mol. The molecule has 0 aliphatic carbocycles. The van der Waals surface area contributed by atoms with Crippen LogP contribution >= 0.6 is 11.6 Å². The van der Waals surface area contributed by atoms with E-state index in [0.29, 0.717) is 21.0 Å². The Morgan fingerprint density at radius 1 is 1.04 bits per heavy atom. The van der Waals surface area contributed by atoms with Crippen LogP contribution in [0.2, 0.25) is 5.02 Å². The minimum absolute atomic E-state index is 0.0108. The van der Waals surface area contributed by atoms with E-state index in [0.717, 1.165) is 17.3 Å². The predicted octanol–water partition coefficient (Wildman–Crippen LogP) is 5.68. The van der Waals surface area contributed by atoms with E-state index in [9.17, 15) is 37.5 Å². The molecule has 0 fully saturated rings. The molecule has 11 nitrogen and oxygen atoms in total. The van der Waals surface area contributed by atoms with E-state index in [1.807, 2.05) is 19.1 Å². The van der Waals surface area contributed by atoms with Crippen LogP contribution in [0.25, 0.3) is 16.6 Å². The van der Waals surface area contributed by atoms with Crippen molar-refractivity contribution in [1.29, 1.82) is 0 Å². The third-order valence-electron chi connectivity index (χ3n) is 7.51. The van der Waals surface area contributed by atoms with Crippen molar-refractivity contribution in [2.45, 2.75) is 32.6 Å². The molecule has 0 aliphatic rings. The average Bonchev–Trinajstić information content (AvgIpc) is 3.50. The molecule has 3 aromatic carbocycles. The van der Waals surface area contributed by atoms with E-state index >= 15 is 0 Å². The minimum Gasteiger partial charge on any atom is -0.497 e. The van der Waals surface area contributed by atoms with E-state index in [2.05, 4.69) is 15.7 Å². The van der Waals surface area contributed by atoms with Gasteiger partial charge in [-0.05, 0) is 73.5 Å². The van der Waals surface area contributed by atoms with E-state index in [1.54, 1.807) is 10.6 Å². The summed E-state index contributed by atoms with van der Waals surface area (Å²) in [6.07, 6.45) is -3.00. The number of hydrogen-bond acceptors (Lipinski definition) is 6. The number of rotatable bonds is 9. The Morgan fingerprint density at radius 2 is 1.75 bits per heavy atom. The van der Waals surface area contributed by atoms with Gasteiger partial charge in [-0.3, -0.25) is 14.4 Å². The lowest BCUT2D eigenvalue weighted by atomic mass is 10.1. The third-order valence-corrected chi connectivity index (χ3v) is 7.91. The molecule has 2 heterocycles. The number of carboxylic acid groups (broad SMARTS) is 1. The highest BCUT2D eigenvalue weighted by Gasteiger charge is 2.41. The van der Waals surface area contributed by atoms with Gasteiger partial charge < -0.3 is 25.0 Å². The van der Waals surface area contributed by atoms with Gasteiger partial charge in [0.15, 0.2) is 5.69 Å². The van der Waals surface area contributed by atoms with Gasteiger partial charge in [0.1, 0.15) is 17.4 Å². The molecule has 2 aromatic heterocycles. The fourth-order valence-corrected chi connectivity index (χ4v) is 5.19. The van der Waals surface area contributed by atoms with Crippen LogP contribution in [-0.4, -0.2) is 50.4 Å². The molecular weight excluding hydrogens is 655 g/mol. The number of amides is 2. The number of aryl methyl sites for hydroxylation is 1. The van der Waals surface area contributed by atoms with Gasteiger partial charge in [-0.1, -0.05) is 23.7 Å². The summed E-state index contributed by atoms with van der Waals surface area (Å²) in [7, 11) is 1.40. The molecule has 0 aliphatic heterocycles. The standard InChI is InChI=1S/C33H27ClF3N5O6/c1-17-4-5-19(12-26(17)34)15-41-16-25(32(46)47)28(43)23-13-20(6-11-27(23)41)40-30(44)18(2)39-31(45)24-14-38-42(29(24)33(35,36)37)21-7-9-22(48-3)10-8-21/h4-14,16,18H,15H2,1-3H3,(H,39,45)(H,40,44)(H,46,47)/t18-/m0/s1. The summed E-state index contributed by atoms with van der Waals surface area (Å²) < 4.78 is 49.5. The molecule has 0 unspecified atom stereocenters. The van der Waals surface area contributed by atoms with Crippen LogP contribution in [0.3, 0.4) is 0 Å². The number of hydrogen-bond donors (Lipinski definition) is 3. The SMILES string of the molecule is COc1ccc(-n2ncc(C(=O)N[C@@H](C)C(=O)Nc3ccc4c(c3)c(=O)c(C(=O)O)cn4Cc3ccc(C)c(Cl)c3)c2C(F)(F)F)cc1. The summed E-state index contributed by atoms with van der Waals surface area (Å²) in [6.45, 7) is 3.28. The van der Waals surface area contributed by atoms with Crippen molar-refractivity contribution in [3.63, 3.8) is 0 Å². The lowest BCUT2D eigenvalue weighted by Gasteiger charge is -2.17. The highest BCUT2D eigenvalue weighted by atomic mass is 35.5. The van der Waals surface area contributed by atoms with Gasteiger partial charge in [0.25, 0.3) is 5.91 Å². The summed E-state index contributed by atoms with van der Waals surface area (Å²) in [4.78, 5) is 51.1. The molecule has 0 saturated heterocycles. The van der Waals surface area contributed by atoms with E-state index in [1.165, 1.54) is 62.7 Å². The number of benzene rings is 3. The lowest BCUT2D eigenvalue weighted by molar-refractivity contribution is -0.143. The van der Waals surface area contributed by atoms with Crippen molar-refractivity contribution in [2.75, 3.05) is 12.4 Å². The number of methoxy groups -OCH3 is 1. The van der Waals surface area contributed by atoms with E-state index in [4.69, 9.17) is 16.3 Å². The van der Waals surface area contributed by atoms with Crippen molar-refractivity contribution < 1.29 is 37.4 Å². The molecule has 2 amide bonds. The van der Waals surface area contributed by atoms with Gasteiger partial charge in [-0.2, -0.15) is 18.3 Å². The van der Waals surface area contributed by atoms with E-state index in [-0.39, 0.29) is 23.3 Å². The minimum atomic E-state index is -4.98. The topological polar surface area (TPSA) is 145 Å². The van der Waals surface area contributed by atoms with Crippen LogP contribution in [-0.2, 0) is 17.5 Å². The molecule has 15 heteroatoms. The third kappa shape index (κ3) is 6.88. The molecule has 0 bridgehead atoms. The van der Waals surface area contributed by atoms with Gasteiger partial charge in [-0.25, -0.2) is 9.48 Å². The highest BCUT2D eigenvalue weighted by molar-refractivity contribution is 6.31. The Hall–Kier alpha value is -5.63. The molecule has 5 rings (SSSR count). The second kappa shape index (κ2) is 13.2. The zero-order valence-corrected chi connectivity index (χ0v) is 26.3. The summed E-state index contributed by atoms with van der Waals surface area (Å²) in [6, 6.07) is 13.8. The number of pyridine rings is 1. The first-order valence-electron chi connectivity index (χ1n) is 14.2. The summed E-state index contributed by atoms with van der Waals surface area (Å²) in [5.41, 5.74) is -1.36. The number of nitrogens with one attached hydrogen (secondary N) is 2. The molecular formula is C33H27ClF3N5O6. The number of aromatic nitrogens is 3. The molecule has 5 aromatic rings. The fraction of sp³-hybridized carbons (Fsp3) is 0.182. The Morgan fingerprint density at radius 3 is 2.38 bits per heavy atom. The van der Waals surface area contributed by atoms with Crippen molar-refractivity contribution in [1.82, 2.24) is 19.7 Å². The Labute approximate surface area is 275 Å². The first-order valence-corrected chi connectivity index (χ1v) is 14.6. The van der Waals surface area contributed by atoms with Crippen molar-refractivity contribution in [3.05, 3.63) is 116 Å². The summed E-state index contributed by atoms with van der Waals surface area (Å²) in [5, 5.41) is 18.7. The Kier molecular flexibility index (Phi) is 9.30. The van der Waals surface area contributed by atoms with Crippen LogP contribution in [0.4, 0.5) is 18.9 Å². The van der Waals surface area contributed by atoms with Crippen LogP contribution in [0.1, 0.15) is 44.5 Å². The predicted molar refractivity (Wildman–Crippen MR) is 171 cm³/mol. The number of anilines is 1. The second-order valence-electron chi connectivity index (χ2n) is 10.8. The Bertz CT molecular complexity index is 2130. The van der Waals surface area contributed by atoms with Crippen molar-refractivity contribution in [3.8, 4) is 11.4 Å². The van der Waals surface area contributed by atoms with Crippen LogP contribution in [0.15, 0.2) is 77.9 Å². The number of alkyl halides is 3. The summed E-state index contributed by atoms with van der Waals surface area (Å²) >= 11 is 6.25. The maximum absolute atomic E-state index is 14.1. The number of ether oxygens (including phenoxy) is 1. The number of aromatic carboxylic acids is 1. The molecule has 3 N–H and O–H groups in total. The van der Waals surface area contributed by atoms with E-state index < -0.39 is 52.3 Å². The smallest absolute Gasteiger partial charge is 0.434 e. The number of halogens is 4. The van der Waals surface area contributed by atoms with Gasteiger partial charge >= 0.3 is 12.1 Å². The number of nitrogens with zero attached hydrogens (tertiary/aromatic N) is 3. The second-order valence-corrected chi connectivity index (χ2v) is 11.2. The van der Waals surface area contributed by atoms with Crippen molar-refractivity contribution >= 4 is 46.0 Å². The van der Waals surface area contributed by atoms with Crippen LogP contribution in [0, 0.1) is 6.92 Å². The maximum atomic E-state index is 14.1. The molecule has 48 heavy (non-hydrogen) atoms. The van der Waals surface area contributed by atoms with Crippen LogP contribution in [0.5, 0.6) is 5.75 Å². The van der Waals surface area contributed by atoms with Gasteiger partial charge in [0.2, 0.25) is 11.3 Å². The number of carboxylic acids is 1. The zero-order chi connectivity index (χ0) is 34.9. The zero-order valence-electron chi connectivity index (χ0n) is 25.6. The normalized spacial score (nSPS) is 12.1. The molecule has 248 valence electrons. The van der Waals surface area contributed by atoms with Crippen molar-refractivity contribution in [2.24, 2.45) is 0 Å². The first-order chi connectivity index (χ1) is 22.7. The van der Waals surface area contributed by atoms with Gasteiger partial charge in [0.05, 0.1) is 30.1 Å². The first kappa shape index (κ1) is 33.7. The van der Waals surface area contributed by atoms with Gasteiger partial charge in [-0.15, -0.1) is 0 Å². The molecule has 0 saturated carbocycles. The molecule has 0 spiro atoms. The summed E-state index contributed by atoms with van der Waals surface area (Å²) in [5.74, 6) is -3.06. The number of fused-ring (bicyclic) bond motifs is 1. The highest BCUT2D eigenvalue weighted by Crippen LogP contribution is 2.34. The lowest BCUT2D eigenvalue weighted by Crippen LogP contribution is -2.42. The number of carbonyl (C=O) groups is 3.